The third-order valence-corrected chi connectivity index (χ3v) is 14.9. The molecule has 3 N–H and O–H groups in total. The second kappa shape index (κ2) is 16.7. The fourth-order valence-electron chi connectivity index (χ4n) is 7.46. The van der Waals surface area contributed by atoms with Crippen LogP contribution in [0.25, 0.3) is 21.5 Å². The Bertz CT molecular complexity index is 1970. The minimum Gasteiger partial charge on any atom is -0.496 e. The first-order valence-corrected chi connectivity index (χ1v) is 20.3. The number of methoxy groups -OCH3 is 2. The van der Waals surface area contributed by atoms with Crippen LogP contribution in [0, 0.1) is 0 Å². The molecule has 14 heteroatoms. The van der Waals surface area contributed by atoms with Gasteiger partial charge in [0.05, 0.1) is 32.5 Å². The molecule has 1 fully saturated rings. The van der Waals surface area contributed by atoms with Crippen molar-refractivity contribution in [1.29, 1.82) is 0 Å². The molecule has 3 heterocycles. The van der Waals surface area contributed by atoms with Gasteiger partial charge in [0.15, 0.2) is 11.3 Å². The van der Waals surface area contributed by atoms with Crippen LogP contribution in [0.1, 0.15) is 52.0 Å². The average Bonchev–Trinajstić information content (AvgIpc) is 3.60. The van der Waals surface area contributed by atoms with Gasteiger partial charge in [-0.3, -0.25) is 4.68 Å². The number of nitrogens with one attached hydrogen (secondary N) is 2. The van der Waals surface area contributed by atoms with Gasteiger partial charge in [0.1, 0.15) is 17.0 Å². The van der Waals surface area contributed by atoms with Crippen LogP contribution in [0.2, 0.25) is 5.04 Å². The first-order chi connectivity index (χ1) is 25.7. The zero-order valence-corrected chi connectivity index (χ0v) is 32.3. The fourth-order valence-corrected chi connectivity index (χ4v) is 11.2. The number of rotatable bonds is 16. The van der Waals surface area contributed by atoms with E-state index in [0.717, 1.165) is 73.5 Å². The number of benzene rings is 3. The number of ether oxygens (including phenoxy) is 2. The predicted molar refractivity (Wildman–Crippen MR) is 214 cm³/mol. The van der Waals surface area contributed by atoms with Crippen molar-refractivity contribution in [3.05, 3.63) is 95.0 Å². The molecule has 6 rings (SSSR count). The van der Waals surface area contributed by atoms with Crippen molar-refractivity contribution in [2.24, 2.45) is 5.11 Å². The van der Waals surface area contributed by atoms with Gasteiger partial charge in [-0.15, -0.1) is 0 Å². The zero-order valence-electron chi connectivity index (χ0n) is 31.3. The minimum absolute atomic E-state index is 0.00366. The Morgan fingerprint density at radius 3 is 2.17 bits per heavy atom. The van der Waals surface area contributed by atoms with Gasteiger partial charge in [0, 0.05) is 55.0 Å². The van der Waals surface area contributed by atoms with Crippen LogP contribution in [-0.2, 0) is 6.54 Å². The number of nitrogens with zero attached hydrogens (tertiary/aromatic N) is 8. The first-order valence-electron chi connectivity index (χ1n) is 18.3. The van der Waals surface area contributed by atoms with E-state index in [1.807, 2.05) is 42.6 Å². The van der Waals surface area contributed by atoms with Crippen LogP contribution >= 0.6 is 0 Å². The van der Waals surface area contributed by atoms with Gasteiger partial charge in [-0.05, 0) is 45.3 Å². The van der Waals surface area contributed by atoms with E-state index in [-0.39, 0.29) is 12.0 Å². The van der Waals surface area contributed by atoms with Gasteiger partial charge in [-0.25, -0.2) is 9.97 Å². The molecule has 13 nitrogen and oxygen atoms in total. The number of piperazine rings is 1. The summed E-state index contributed by atoms with van der Waals surface area (Å²) in [6, 6.07) is 24.3. The summed E-state index contributed by atoms with van der Waals surface area (Å²) in [6.07, 6.45) is 5.15. The average molecular weight is 735 g/mol. The molecule has 0 aliphatic carbocycles. The Morgan fingerprint density at radius 1 is 0.981 bits per heavy atom. The van der Waals surface area contributed by atoms with Crippen molar-refractivity contribution >= 4 is 47.2 Å². The molecule has 1 saturated heterocycles. The third kappa shape index (κ3) is 8.10. The van der Waals surface area contributed by atoms with Crippen molar-refractivity contribution in [3.63, 3.8) is 0 Å². The lowest BCUT2D eigenvalue weighted by atomic mass is 9.99. The van der Waals surface area contributed by atoms with Gasteiger partial charge < -0.3 is 29.8 Å². The Labute approximate surface area is 312 Å². The van der Waals surface area contributed by atoms with Crippen LogP contribution in [0.3, 0.4) is 0 Å². The monoisotopic (exact) mass is 734 g/mol. The third-order valence-electron chi connectivity index (χ3n) is 10.4. The molecule has 0 saturated carbocycles. The second-order valence-electron chi connectivity index (χ2n) is 14.2. The summed E-state index contributed by atoms with van der Waals surface area (Å²) in [7, 11) is 0.140. The number of hydrogen-bond donors (Lipinski definition) is 3. The molecule has 3 aromatic carbocycles. The molecule has 0 radical (unpaired) electrons. The van der Waals surface area contributed by atoms with E-state index >= 15 is 0 Å². The van der Waals surface area contributed by atoms with Crippen molar-refractivity contribution in [2.75, 3.05) is 50.6 Å². The zero-order chi connectivity index (χ0) is 37.4. The van der Waals surface area contributed by atoms with Crippen molar-refractivity contribution in [3.8, 4) is 11.5 Å². The molecule has 0 spiro atoms. The minimum atomic E-state index is -3.19. The maximum absolute atomic E-state index is 12.7. The highest BCUT2D eigenvalue weighted by Crippen LogP contribution is 2.41. The summed E-state index contributed by atoms with van der Waals surface area (Å²) >= 11 is 0. The fraction of sp³-hybridized carbons (Fsp3) is 0.410. The Balaban J connectivity index is 1.30. The molecule has 1 atom stereocenters. The molecule has 0 amide bonds. The van der Waals surface area contributed by atoms with Crippen LogP contribution in [0.5, 0.6) is 11.5 Å². The summed E-state index contributed by atoms with van der Waals surface area (Å²) in [4.78, 5) is 27.2. The normalized spacial score (nSPS) is 14.1. The maximum Gasteiger partial charge on any atom is 0.258 e. The van der Waals surface area contributed by atoms with E-state index < -0.39 is 13.4 Å². The van der Waals surface area contributed by atoms with Gasteiger partial charge in [-0.1, -0.05) is 87.9 Å². The maximum atomic E-state index is 12.7. The van der Waals surface area contributed by atoms with E-state index in [4.69, 9.17) is 14.6 Å². The summed E-state index contributed by atoms with van der Waals surface area (Å²) in [5, 5.41) is 17.3. The molecular formula is C39H50N10O3Si. The summed E-state index contributed by atoms with van der Waals surface area (Å²) in [5.41, 5.74) is 12.3. The molecule has 0 bridgehead atoms. The van der Waals surface area contributed by atoms with Crippen molar-refractivity contribution < 1.29 is 14.3 Å². The molecule has 1 aliphatic rings. The highest BCUT2D eigenvalue weighted by molar-refractivity contribution is 6.98. The van der Waals surface area contributed by atoms with E-state index in [2.05, 4.69) is 92.7 Å². The number of hydrogen-bond acceptors (Lipinski definition) is 10. The van der Waals surface area contributed by atoms with Crippen LogP contribution in [-0.4, -0.2) is 79.3 Å². The highest BCUT2D eigenvalue weighted by atomic mass is 28.4. The quantitative estimate of drug-likeness (QED) is 0.0469. The Kier molecular flexibility index (Phi) is 11.8. The lowest BCUT2D eigenvalue weighted by Gasteiger charge is -2.42. The molecule has 278 valence electrons. The van der Waals surface area contributed by atoms with Gasteiger partial charge >= 0.3 is 0 Å². The predicted octanol–water partition coefficient (Wildman–Crippen LogP) is 6.14. The summed E-state index contributed by atoms with van der Waals surface area (Å²) in [5.74, 6) is 1.93. The SMILES string of the molecule is CCC[C@@H](CCC(C)(C)[Si](O)(c1ccccc1)c1ccccc1)Nc1nc(N=[N+]=[N-])nc2cn(Cc3c(OC)cc(N4CCNCC4)cc3OC)nc12. The lowest BCUT2D eigenvalue weighted by Crippen LogP contribution is -2.65. The number of anilines is 2. The first kappa shape index (κ1) is 37.6. The largest absolute Gasteiger partial charge is 0.496 e. The van der Waals surface area contributed by atoms with E-state index in [0.29, 0.717) is 34.9 Å². The molecule has 2 aromatic heterocycles. The Hall–Kier alpha value is -5.14. The van der Waals surface area contributed by atoms with Crippen LogP contribution < -0.4 is 35.4 Å². The van der Waals surface area contributed by atoms with Gasteiger partial charge in [-0.2, -0.15) is 5.10 Å². The summed E-state index contributed by atoms with van der Waals surface area (Å²) < 4.78 is 13.6. The molecule has 1 aliphatic heterocycles. The Morgan fingerprint density at radius 2 is 1.60 bits per heavy atom. The van der Waals surface area contributed by atoms with E-state index in [1.54, 1.807) is 18.9 Å². The van der Waals surface area contributed by atoms with E-state index in [1.165, 1.54) is 0 Å². The topological polar surface area (TPSA) is 158 Å². The second-order valence-corrected chi connectivity index (χ2v) is 18.1. The number of azide groups is 1. The molecule has 53 heavy (non-hydrogen) atoms. The molecule has 5 aromatic rings. The number of aromatic nitrogens is 4. The standard InChI is InChI=1S/C39H50N10O3Si/c1-6-13-28(18-19-39(2,3)53(50,30-14-9-7-10-15-30)31-16-11-8-12-17-31)42-37-36-33(43-38(44-37)45-47-40)27-49(46-36)26-32-34(51-4)24-29(25-35(32)52-5)48-22-20-41-21-23-48/h7-12,14-17,24-25,27-28,41,50H,6,13,18-23,26H2,1-5H3,(H,42,43,44)/t28-/m0/s1. The number of fused-ring (bicyclic) bond motifs is 1. The van der Waals surface area contributed by atoms with Gasteiger partial charge in [0.2, 0.25) is 5.95 Å². The van der Waals surface area contributed by atoms with Crippen LogP contribution in [0.4, 0.5) is 17.5 Å². The molecular weight excluding hydrogens is 685 g/mol. The van der Waals surface area contributed by atoms with Crippen molar-refractivity contribution in [1.82, 2.24) is 25.1 Å². The molecule has 0 unspecified atom stereocenters. The van der Waals surface area contributed by atoms with Crippen LogP contribution in [0.15, 0.2) is 84.1 Å². The van der Waals surface area contributed by atoms with Gasteiger partial charge in [0.25, 0.3) is 8.32 Å². The highest BCUT2D eigenvalue weighted by Gasteiger charge is 2.49. The van der Waals surface area contributed by atoms with Crippen molar-refractivity contribution in [2.45, 2.75) is 64.1 Å². The smallest absolute Gasteiger partial charge is 0.258 e. The lowest BCUT2D eigenvalue weighted by molar-refractivity contribution is 0.381. The summed E-state index contributed by atoms with van der Waals surface area (Å²) in [6.45, 7) is 10.5. The van der Waals surface area contributed by atoms with E-state index in [9.17, 15) is 10.3 Å².